The van der Waals surface area contributed by atoms with E-state index in [9.17, 15) is 9.18 Å². The maximum Gasteiger partial charge on any atom is 0.244 e. The fourth-order valence-corrected chi connectivity index (χ4v) is 2.27. The van der Waals surface area contributed by atoms with Crippen LogP contribution in [0.25, 0.3) is 0 Å². The first-order chi connectivity index (χ1) is 7.82. The highest BCUT2D eigenvalue weighted by Crippen LogP contribution is 2.32. The Balaban J connectivity index is 2.92. The number of nitrogens with one attached hydrogen (secondary N) is 1. The molecule has 0 aliphatic rings. The highest BCUT2D eigenvalue weighted by Gasteiger charge is 2.17. The Morgan fingerprint density at radius 1 is 1.53 bits per heavy atom. The van der Waals surface area contributed by atoms with Gasteiger partial charge in [-0.1, -0.05) is 11.6 Å². The summed E-state index contributed by atoms with van der Waals surface area (Å²) in [5.74, 6) is -0.517. The van der Waals surface area contributed by atoms with Crippen LogP contribution in [0.4, 0.5) is 10.1 Å². The molecule has 1 aromatic rings. The average Bonchev–Trinajstić information content (AvgIpc) is 2.21. The van der Waals surface area contributed by atoms with Crippen molar-refractivity contribution < 1.29 is 9.18 Å². The molecule has 6 heteroatoms. The van der Waals surface area contributed by atoms with E-state index in [0.29, 0.717) is 10.2 Å². The van der Waals surface area contributed by atoms with Crippen molar-refractivity contribution in [1.29, 1.82) is 0 Å². The number of benzene rings is 1. The third kappa shape index (κ3) is 3.57. The number of hydrogen-bond acceptors (Lipinski definition) is 2. The van der Waals surface area contributed by atoms with Gasteiger partial charge >= 0.3 is 0 Å². The summed E-state index contributed by atoms with van der Waals surface area (Å²) >= 11 is 9.11. The highest BCUT2D eigenvalue weighted by molar-refractivity contribution is 9.10. The van der Waals surface area contributed by atoms with Crippen LogP contribution in [0.2, 0.25) is 5.02 Å². The SMILES string of the molecule is CC(Nc1c(Cl)cc(F)cc1Br)C(=O)N(C)C. The van der Waals surface area contributed by atoms with Gasteiger partial charge in [-0.3, -0.25) is 4.79 Å². The largest absolute Gasteiger partial charge is 0.372 e. The first-order valence-electron chi connectivity index (χ1n) is 4.95. The molecule has 94 valence electrons. The van der Waals surface area contributed by atoms with Crippen molar-refractivity contribution in [2.24, 2.45) is 0 Å². The number of rotatable bonds is 3. The molecular weight excluding hydrogens is 310 g/mol. The second-order valence-corrected chi connectivity index (χ2v) is 5.10. The van der Waals surface area contributed by atoms with Gasteiger partial charge in [-0.05, 0) is 35.0 Å². The summed E-state index contributed by atoms with van der Waals surface area (Å²) in [4.78, 5) is 13.1. The summed E-state index contributed by atoms with van der Waals surface area (Å²) in [7, 11) is 3.34. The smallest absolute Gasteiger partial charge is 0.244 e. The highest BCUT2D eigenvalue weighted by atomic mass is 79.9. The van der Waals surface area contributed by atoms with Gasteiger partial charge in [-0.2, -0.15) is 0 Å². The zero-order chi connectivity index (χ0) is 13.2. The average molecular weight is 324 g/mol. The molecule has 0 saturated heterocycles. The molecule has 0 saturated carbocycles. The Morgan fingerprint density at radius 3 is 2.59 bits per heavy atom. The van der Waals surface area contributed by atoms with Gasteiger partial charge in [0.05, 0.1) is 10.7 Å². The number of carbonyl (C=O) groups is 1. The van der Waals surface area contributed by atoms with Crippen molar-refractivity contribution in [1.82, 2.24) is 4.90 Å². The molecule has 0 fully saturated rings. The fraction of sp³-hybridized carbons (Fsp3) is 0.364. The maximum absolute atomic E-state index is 13.0. The standard InChI is InChI=1S/C11H13BrClFN2O/c1-6(11(17)16(2)3)15-10-8(12)4-7(14)5-9(10)13/h4-6,15H,1-3H3. The first-order valence-corrected chi connectivity index (χ1v) is 6.12. The summed E-state index contributed by atoms with van der Waals surface area (Å²) in [6.07, 6.45) is 0. The van der Waals surface area contributed by atoms with E-state index in [1.165, 1.54) is 17.0 Å². The molecular formula is C11H13BrClFN2O. The van der Waals surface area contributed by atoms with Crippen LogP contribution in [0, 0.1) is 5.82 Å². The van der Waals surface area contributed by atoms with Crippen LogP contribution in [0.5, 0.6) is 0 Å². The lowest BCUT2D eigenvalue weighted by molar-refractivity contribution is -0.129. The molecule has 3 nitrogen and oxygen atoms in total. The van der Waals surface area contributed by atoms with Gasteiger partial charge in [-0.25, -0.2) is 4.39 Å². The lowest BCUT2D eigenvalue weighted by Crippen LogP contribution is -2.36. The number of anilines is 1. The third-order valence-corrected chi connectivity index (χ3v) is 3.10. The van der Waals surface area contributed by atoms with E-state index in [2.05, 4.69) is 21.2 Å². The van der Waals surface area contributed by atoms with E-state index in [1.54, 1.807) is 21.0 Å². The quantitative estimate of drug-likeness (QED) is 0.927. The van der Waals surface area contributed by atoms with Crippen molar-refractivity contribution in [2.45, 2.75) is 13.0 Å². The lowest BCUT2D eigenvalue weighted by Gasteiger charge is -2.20. The van der Waals surface area contributed by atoms with Crippen LogP contribution in [-0.4, -0.2) is 30.9 Å². The Hall–Kier alpha value is -0.810. The van der Waals surface area contributed by atoms with E-state index >= 15 is 0 Å². The monoisotopic (exact) mass is 322 g/mol. The number of likely N-dealkylation sites (N-methyl/N-ethyl adjacent to an activating group) is 1. The lowest BCUT2D eigenvalue weighted by atomic mass is 10.2. The minimum absolute atomic E-state index is 0.0858. The van der Waals surface area contributed by atoms with Crippen molar-refractivity contribution >= 4 is 39.1 Å². The Bertz CT molecular complexity index is 416. The van der Waals surface area contributed by atoms with Gasteiger partial charge in [0, 0.05) is 18.6 Å². The van der Waals surface area contributed by atoms with E-state index in [4.69, 9.17) is 11.6 Å². The van der Waals surface area contributed by atoms with Crippen LogP contribution >= 0.6 is 27.5 Å². The van der Waals surface area contributed by atoms with Gasteiger partial charge in [0.2, 0.25) is 5.91 Å². The van der Waals surface area contributed by atoms with Crippen molar-refractivity contribution in [3.8, 4) is 0 Å². The third-order valence-electron chi connectivity index (χ3n) is 2.18. The second-order valence-electron chi connectivity index (χ2n) is 3.84. The summed E-state index contributed by atoms with van der Waals surface area (Å²) in [5.41, 5.74) is 0.510. The number of amides is 1. The van der Waals surface area contributed by atoms with Crippen LogP contribution in [-0.2, 0) is 4.79 Å². The van der Waals surface area contributed by atoms with Gasteiger partial charge in [0.15, 0.2) is 0 Å². The molecule has 0 radical (unpaired) electrons. The molecule has 0 aromatic heterocycles. The zero-order valence-electron chi connectivity index (χ0n) is 9.72. The fourth-order valence-electron chi connectivity index (χ4n) is 1.35. The van der Waals surface area contributed by atoms with Gasteiger partial charge in [0.25, 0.3) is 0 Å². The van der Waals surface area contributed by atoms with E-state index < -0.39 is 11.9 Å². The summed E-state index contributed by atoms with van der Waals surface area (Å²) in [6.45, 7) is 1.72. The van der Waals surface area contributed by atoms with Gasteiger partial charge < -0.3 is 10.2 Å². The first kappa shape index (κ1) is 14.3. The molecule has 1 rings (SSSR count). The van der Waals surface area contributed by atoms with Crippen LogP contribution in [0.3, 0.4) is 0 Å². The minimum atomic E-state index is -0.440. The number of halogens is 3. The molecule has 1 amide bonds. The molecule has 1 unspecified atom stereocenters. The van der Waals surface area contributed by atoms with Crippen LogP contribution in [0.15, 0.2) is 16.6 Å². The van der Waals surface area contributed by atoms with Gasteiger partial charge in [0.1, 0.15) is 11.9 Å². The predicted octanol–water partition coefficient (Wildman–Crippen LogP) is 3.13. The summed E-state index contributed by atoms with van der Waals surface area (Å²) in [6, 6.07) is 2.05. The van der Waals surface area contributed by atoms with E-state index in [1.807, 2.05) is 0 Å². The Kier molecular flexibility index (Phi) is 4.77. The molecule has 0 aliphatic heterocycles. The van der Waals surface area contributed by atoms with Crippen LogP contribution in [0.1, 0.15) is 6.92 Å². The Labute approximate surface area is 113 Å². The number of nitrogens with zero attached hydrogens (tertiary/aromatic N) is 1. The molecule has 1 N–H and O–H groups in total. The molecule has 1 aromatic carbocycles. The molecule has 17 heavy (non-hydrogen) atoms. The van der Waals surface area contributed by atoms with Crippen molar-refractivity contribution in [2.75, 3.05) is 19.4 Å². The number of hydrogen-bond donors (Lipinski definition) is 1. The Morgan fingerprint density at radius 2 is 2.12 bits per heavy atom. The minimum Gasteiger partial charge on any atom is -0.372 e. The summed E-state index contributed by atoms with van der Waals surface area (Å²) in [5, 5.41) is 3.18. The van der Waals surface area contributed by atoms with E-state index in [-0.39, 0.29) is 10.9 Å². The van der Waals surface area contributed by atoms with Crippen molar-refractivity contribution in [3.63, 3.8) is 0 Å². The number of carbonyl (C=O) groups excluding carboxylic acids is 1. The molecule has 0 spiro atoms. The van der Waals surface area contributed by atoms with Gasteiger partial charge in [-0.15, -0.1) is 0 Å². The topological polar surface area (TPSA) is 32.3 Å². The molecule has 1 atom stereocenters. The molecule has 0 bridgehead atoms. The zero-order valence-corrected chi connectivity index (χ0v) is 12.1. The second kappa shape index (κ2) is 5.69. The predicted molar refractivity (Wildman–Crippen MR) is 70.9 cm³/mol. The maximum atomic E-state index is 13.0. The molecule has 0 heterocycles. The summed E-state index contributed by atoms with van der Waals surface area (Å²) < 4.78 is 13.5. The molecule has 0 aliphatic carbocycles. The van der Waals surface area contributed by atoms with E-state index in [0.717, 1.165) is 0 Å². The van der Waals surface area contributed by atoms with Crippen molar-refractivity contribution in [3.05, 3.63) is 27.4 Å². The normalized spacial score (nSPS) is 12.1. The van der Waals surface area contributed by atoms with Crippen LogP contribution < -0.4 is 5.32 Å².